The maximum Gasteiger partial charge on any atom is 0.0224 e. The maximum atomic E-state index is 3.53. The summed E-state index contributed by atoms with van der Waals surface area (Å²) in [4.78, 5) is 5.43. The summed E-state index contributed by atoms with van der Waals surface area (Å²) in [7, 11) is 0. The van der Waals surface area contributed by atoms with Crippen LogP contribution in [0.1, 0.15) is 38.5 Å². The molecule has 2 unspecified atom stereocenters. The van der Waals surface area contributed by atoms with E-state index in [1.165, 1.54) is 84.3 Å². The summed E-state index contributed by atoms with van der Waals surface area (Å²) in [6, 6.07) is 0.898. The van der Waals surface area contributed by atoms with Gasteiger partial charge in [-0.1, -0.05) is 0 Å². The van der Waals surface area contributed by atoms with Gasteiger partial charge in [0.2, 0.25) is 0 Å². The number of nitrogens with zero attached hydrogens (tertiary/aromatic N) is 2. The molecule has 3 heteroatoms. The van der Waals surface area contributed by atoms with Crippen molar-refractivity contribution in [2.24, 2.45) is 5.92 Å². The summed E-state index contributed by atoms with van der Waals surface area (Å²) < 4.78 is 0. The molecule has 0 aromatic rings. The van der Waals surface area contributed by atoms with E-state index in [-0.39, 0.29) is 0 Å². The summed E-state index contributed by atoms with van der Waals surface area (Å²) in [5.41, 5.74) is 0. The summed E-state index contributed by atoms with van der Waals surface area (Å²) in [6.07, 6.45) is 8.60. The van der Waals surface area contributed by atoms with Crippen LogP contribution in [0, 0.1) is 5.92 Å². The Kier molecular flexibility index (Phi) is 4.55. The number of hydrogen-bond donors (Lipinski definition) is 1. The molecule has 3 nitrogen and oxygen atoms in total. The third-order valence-electron chi connectivity index (χ3n) is 5.16. The molecule has 0 aliphatic carbocycles. The van der Waals surface area contributed by atoms with E-state index < -0.39 is 0 Å². The van der Waals surface area contributed by atoms with E-state index >= 15 is 0 Å². The zero-order chi connectivity index (χ0) is 12.2. The first-order chi connectivity index (χ1) is 8.92. The van der Waals surface area contributed by atoms with Crippen LogP contribution in [-0.2, 0) is 0 Å². The fourth-order valence-corrected chi connectivity index (χ4v) is 4.03. The van der Waals surface area contributed by atoms with Crippen LogP contribution in [0.15, 0.2) is 0 Å². The molecular formula is C15H29N3. The molecule has 2 atom stereocenters. The van der Waals surface area contributed by atoms with Crippen molar-refractivity contribution in [2.45, 2.75) is 44.6 Å². The quantitative estimate of drug-likeness (QED) is 0.818. The molecule has 104 valence electrons. The van der Waals surface area contributed by atoms with Gasteiger partial charge in [-0.15, -0.1) is 0 Å². The van der Waals surface area contributed by atoms with Crippen molar-refractivity contribution in [3.63, 3.8) is 0 Å². The van der Waals surface area contributed by atoms with Crippen molar-refractivity contribution in [3.05, 3.63) is 0 Å². The monoisotopic (exact) mass is 251 g/mol. The number of piperazine rings is 1. The lowest BCUT2D eigenvalue weighted by Gasteiger charge is -2.37. The van der Waals surface area contributed by atoms with Crippen molar-refractivity contribution >= 4 is 0 Å². The summed E-state index contributed by atoms with van der Waals surface area (Å²) >= 11 is 0. The van der Waals surface area contributed by atoms with Gasteiger partial charge in [-0.05, 0) is 70.6 Å². The van der Waals surface area contributed by atoms with Gasteiger partial charge in [0, 0.05) is 25.7 Å². The smallest absolute Gasteiger partial charge is 0.0224 e. The van der Waals surface area contributed by atoms with E-state index in [2.05, 4.69) is 15.1 Å². The Hall–Kier alpha value is -0.120. The van der Waals surface area contributed by atoms with Crippen molar-refractivity contribution in [1.82, 2.24) is 15.1 Å². The Morgan fingerprint density at radius 1 is 1.06 bits per heavy atom. The van der Waals surface area contributed by atoms with Crippen LogP contribution in [-0.4, -0.2) is 61.7 Å². The van der Waals surface area contributed by atoms with Gasteiger partial charge >= 0.3 is 0 Å². The highest BCUT2D eigenvalue weighted by atomic mass is 15.3. The Morgan fingerprint density at radius 2 is 2.06 bits per heavy atom. The van der Waals surface area contributed by atoms with E-state index in [0.29, 0.717) is 0 Å². The molecule has 1 N–H and O–H groups in total. The zero-order valence-corrected chi connectivity index (χ0v) is 11.7. The molecular weight excluding hydrogens is 222 g/mol. The molecule has 18 heavy (non-hydrogen) atoms. The molecule has 0 spiro atoms. The fourth-order valence-electron chi connectivity index (χ4n) is 4.03. The van der Waals surface area contributed by atoms with Gasteiger partial charge in [0.1, 0.15) is 0 Å². The highest BCUT2D eigenvalue weighted by molar-refractivity contribution is 4.86. The van der Waals surface area contributed by atoms with Gasteiger partial charge in [0.25, 0.3) is 0 Å². The van der Waals surface area contributed by atoms with Crippen LogP contribution in [0.4, 0.5) is 0 Å². The largest absolute Gasteiger partial charge is 0.316 e. The molecule has 0 radical (unpaired) electrons. The second-order valence-electron chi connectivity index (χ2n) is 6.49. The second kappa shape index (κ2) is 6.36. The molecule has 3 rings (SSSR count). The van der Waals surface area contributed by atoms with Gasteiger partial charge in [0.15, 0.2) is 0 Å². The van der Waals surface area contributed by atoms with Crippen LogP contribution in [0.3, 0.4) is 0 Å². The molecule has 3 aliphatic heterocycles. The first kappa shape index (κ1) is 12.9. The summed E-state index contributed by atoms with van der Waals surface area (Å²) in [6.45, 7) is 9.24. The van der Waals surface area contributed by atoms with Crippen LogP contribution < -0.4 is 5.32 Å². The minimum atomic E-state index is 0.898. The molecule has 3 fully saturated rings. The number of hydrogen-bond acceptors (Lipinski definition) is 3. The minimum absolute atomic E-state index is 0.898. The molecule has 3 aliphatic rings. The number of rotatable bonds is 4. The minimum Gasteiger partial charge on any atom is -0.316 e. The molecule has 3 heterocycles. The standard InChI is InChI=1S/C15H29N3/c1-4-14(12-16-7-1)5-2-8-17-10-11-18-9-3-6-15(18)13-17/h14-16H,1-13H2. The lowest BCUT2D eigenvalue weighted by Crippen LogP contribution is -2.50. The van der Waals surface area contributed by atoms with Crippen molar-refractivity contribution in [1.29, 1.82) is 0 Å². The number of nitrogens with one attached hydrogen (secondary N) is 1. The van der Waals surface area contributed by atoms with Crippen LogP contribution in [0.2, 0.25) is 0 Å². The van der Waals surface area contributed by atoms with Gasteiger partial charge in [-0.3, -0.25) is 4.90 Å². The topological polar surface area (TPSA) is 18.5 Å². The highest BCUT2D eigenvalue weighted by Crippen LogP contribution is 2.22. The van der Waals surface area contributed by atoms with Crippen LogP contribution in [0.25, 0.3) is 0 Å². The highest BCUT2D eigenvalue weighted by Gasteiger charge is 2.30. The van der Waals surface area contributed by atoms with Gasteiger partial charge in [-0.25, -0.2) is 0 Å². The maximum absolute atomic E-state index is 3.53. The molecule has 0 saturated carbocycles. The van der Waals surface area contributed by atoms with E-state index in [4.69, 9.17) is 0 Å². The summed E-state index contributed by atoms with van der Waals surface area (Å²) in [5.74, 6) is 0.964. The van der Waals surface area contributed by atoms with Gasteiger partial charge in [0.05, 0.1) is 0 Å². The fraction of sp³-hybridized carbons (Fsp3) is 1.00. The first-order valence-corrected chi connectivity index (χ1v) is 8.09. The van der Waals surface area contributed by atoms with Crippen LogP contribution >= 0.6 is 0 Å². The molecule has 0 bridgehead atoms. The number of piperidine rings is 1. The SMILES string of the molecule is C1CNCC(CCCN2CCN3CCCC3C2)C1. The lowest BCUT2D eigenvalue weighted by atomic mass is 9.94. The van der Waals surface area contributed by atoms with E-state index in [0.717, 1.165) is 12.0 Å². The predicted molar refractivity (Wildman–Crippen MR) is 75.9 cm³/mol. The normalized spacial score (nSPS) is 34.7. The lowest BCUT2D eigenvalue weighted by molar-refractivity contribution is 0.102. The Bertz CT molecular complexity index is 250. The van der Waals surface area contributed by atoms with Crippen molar-refractivity contribution < 1.29 is 0 Å². The van der Waals surface area contributed by atoms with Crippen LogP contribution in [0.5, 0.6) is 0 Å². The molecule has 3 saturated heterocycles. The third kappa shape index (κ3) is 3.25. The average molecular weight is 251 g/mol. The van der Waals surface area contributed by atoms with Crippen molar-refractivity contribution in [2.75, 3.05) is 45.8 Å². The van der Waals surface area contributed by atoms with E-state index in [1.807, 2.05) is 0 Å². The average Bonchev–Trinajstić information content (AvgIpc) is 2.87. The first-order valence-electron chi connectivity index (χ1n) is 8.09. The zero-order valence-electron chi connectivity index (χ0n) is 11.7. The van der Waals surface area contributed by atoms with Crippen molar-refractivity contribution in [3.8, 4) is 0 Å². The Morgan fingerprint density at radius 3 is 2.94 bits per heavy atom. The molecule has 0 amide bonds. The second-order valence-corrected chi connectivity index (χ2v) is 6.49. The molecule has 0 aromatic heterocycles. The summed E-state index contributed by atoms with van der Waals surface area (Å²) in [5, 5.41) is 3.53. The van der Waals surface area contributed by atoms with Gasteiger partial charge in [-0.2, -0.15) is 0 Å². The number of fused-ring (bicyclic) bond motifs is 1. The van der Waals surface area contributed by atoms with Gasteiger partial charge < -0.3 is 10.2 Å². The van der Waals surface area contributed by atoms with E-state index in [1.54, 1.807) is 0 Å². The third-order valence-corrected chi connectivity index (χ3v) is 5.16. The Labute approximate surface area is 112 Å². The van der Waals surface area contributed by atoms with E-state index in [9.17, 15) is 0 Å². The predicted octanol–water partition coefficient (Wildman–Crippen LogP) is 1.55. The molecule has 0 aromatic carbocycles. The Balaban J connectivity index is 1.33.